The molecule has 2 aliphatic rings. The van der Waals surface area contributed by atoms with Crippen LogP contribution in [0.25, 0.3) is 0 Å². The highest BCUT2D eigenvalue weighted by Gasteiger charge is 2.26. The first-order valence-corrected chi connectivity index (χ1v) is 7.61. The monoisotopic (exact) mass is 309 g/mol. The van der Waals surface area contributed by atoms with Gasteiger partial charge in [0.2, 0.25) is 5.91 Å². The largest absolute Gasteiger partial charge is 0.316 e. The third-order valence-electron chi connectivity index (χ3n) is 4.28. The third-order valence-corrected chi connectivity index (χ3v) is 4.28. The fraction of sp³-hybridized carbons (Fsp3) is 0.562. The summed E-state index contributed by atoms with van der Waals surface area (Å²) in [6, 6.07) is 9.99. The van der Waals surface area contributed by atoms with E-state index in [0.717, 1.165) is 38.4 Å². The van der Waals surface area contributed by atoms with Crippen LogP contribution < -0.4 is 10.2 Å². The van der Waals surface area contributed by atoms with Gasteiger partial charge in [-0.15, -0.1) is 12.4 Å². The number of carbonyl (C=O) groups is 1. The summed E-state index contributed by atoms with van der Waals surface area (Å²) in [5.41, 5.74) is 1.02. The molecule has 1 atom stereocenters. The predicted octanol–water partition coefficient (Wildman–Crippen LogP) is 1.76. The number of amides is 1. The zero-order chi connectivity index (χ0) is 13.8. The maximum atomic E-state index is 12.3. The molecular weight excluding hydrogens is 286 g/mol. The van der Waals surface area contributed by atoms with Crippen molar-refractivity contribution in [3.8, 4) is 0 Å². The number of halogens is 1. The molecule has 116 valence electrons. The van der Waals surface area contributed by atoms with E-state index in [4.69, 9.17) is 0 Å². The number of rotatable bonds is 3. The lowest BCUT2D eigenvalue weighted by molar-refractivity contribution is -0.121. The van der Waals surface area contributed by atoms with Crippen LogP contribution in [-0.4, -0.2) is 50.1 Å². The molecule has 1 amide bonds. The van der Waals surface area contributed by atoms with Gasteiger partial charge in [0.25, 0.3) is 0 Å². The van der Waals surface area contributed by atoms with E-state index < -0.39 is 0 Å². The molecule has 4 nitrogen and oxygen atoms in total. The Bertz CT molecular complexity index is 448. The Kier molecular flexibility index (Phi) is 6.03. The lowest BCUT2D eigenvalue weighted by atomic mass is 9.99. The molecule has 1 unspecified atom stereocenters. The van der Waals surface area contributed by atoms with Gasteiger partial charge in [-0.25, -0.2) is 0 Å². The number of nitrogens with one attached hydrogen (secondary N) is 1. The standard InChI is InChI=1S/C16H23N3O.ClH/c20-16-13-18(12-14-5-4-8-17-11-14)9-10-19(16)15-6-2-1-3-7-15;/h1-3,6-7,14,17H,4-5,8-13H2;1H. The van der Waals surface area contributed by atoms with E-state index in [-0.39, 0.29) is 18.3 Å². The molecule has 0 bridgehead atoms. The van der Waals surface area contributed by atoms with Gasteiger partial charge in [0, 0.05) is 25.3 Å². The molecule has 0 radical (unpaired) electrons. The van der Waals surface area contributed by atoms with Crippen molar-refractivity contribution in [2.45, 2.75) is 12.8 Å². The minimum atomic E-state index is 0. The second-order valence-corrected chi connectivity index (χ2v) is 5.83. The summed E-state index contributed by atoms with van der Waals surface area (Å²) >= 11 is 0. The molecule has 0 spiro atoms. The highest BCUT2D eigenvalue weighted by Crippen LogP contribution is 2.18. The molecule has 5 heteroatoms. The van der Waals surface area contributed by atoms with E-state index in [1.165, 1.54) is 12.8 Å². The Morgan fingerprint density at radius 3 is 2.67 bits per heavy atom. The Balaban J connectivity index is 0.00000161. The van der Waals surface area contributed by atoms with Crippen LogP contribution in [0.15, 0.2) is 30.3 Å². The number of nitrogens with zero attached hydrogens (tertiary/aromatic N) is 2. The number of para-hydroxylation sites is 1. The van der Waals surface area contributed by atoms with Gasteiger partial charge < -0.3 is 10.2 Å². The minimum Gasteiger partial charge on any atom is -0.316 e. The molecule has 0 aliphatic carbocycles. The first-order valence-electron chi connectivity index (χ1n) is 7.61. The molecular formula is C16H24ClN3O. The van der Waals surface area contributed by atoms with Crippen LogP contribution >= 0.6 is 12.4 Å². The molecule has 2 aliphatic heterocycles. The molecule has 21 heavy (non-hydrogen) atoms. The number of hydrogen-bond donors (Lipinski definition) is 1. The molecule has 2 saturated heterocycles. The predicted molar refractivity (Wildman–Crippen MR) is 88.1 cm³/mol. The number of benzene rings is 1. The normalized spacial score (nSPS) is 23.7. The molecule has 2 heterocycles. The topological polar surface area (TPSA) is 35.6 Å². The zero-order valence-corrected chi connectivity index (χ0v) is 13.1. The average Bonchev–Trinajstić information content (AvgIpc) is 2.49. The zero-order valence-electron chi connectivity index (χ0n) is 12.3. The quantitative estimate of drug-likeness (QED) is 0.924. The summed E-state index contributed by atoms with van der Waals surface area (Å²) < 4.78 is 0. The summed E-state index contributed by atoms with van der Waals surface area (Å²) in [6.45, 7) is 5.66. The Labute approximate surface area is 132 Å². The lowest BCUT2D eigenvalue weighted by Gasteiger charge is -2.36. The third kappa shape index (κ3) is 4.19. The van der Waals surface area contributed by atoms with Crippen molar-refractivity contribution < 1.29 is 4.79 Å². The molecule has 1 N–H and O–H groups in total. The van der Waals surface area contributed by atoms with Gasteiger partial charge in [-0.05, 0) is 44.0 Å². The molecule has 0 saturated carbocycles. The maximum absolute atomic E-state index is 12.3. The molecule has 1 aromatic carbocycles. The smallest absolute Gasteiger partial charge is 0.241 e. The fourth-order valence-electron chi connectivity index (χ4n) is 3.20. The van der Waals surface area contributed by atoms with Crippen LogP contribution in [0.4, 0.5) is 5.69 Å². The van der Waals surface area contributed by atoms with E-state index in [1.54, 1.807) is 0 Å². The first kappa shape index (κ1) is 16.3. The van der Waals surface area contributed by atoms with E-state index >= 15 is 0 Å². The van der Waals surface area contributed by atoms with E-state index in [2.05, 4.69) is 10.2 Å². The van der Waals surface area contributed by atoms with Gasteiger partial charge in [-0.3, -0.25) is 9.69 Å². The number of piperidine rings is 1. The van der Waals surface area contributed by atoms with Gasteiger partial charge >= 0.3 is 0 Å². The van der Waals surface area contributed by atoms with Crippen LogP contribution in [0.5, 0.6) is 0 Å². The second kappa shape index (κ2) is 7.78. The highest BCUT2D eigenvalue weighted by atomic mass is 35.5. The number of hydrogen-bond acceptors (Lipinski definition) is 3. The van der Waals surface area contributed by atoms with Crippen molar-refractivity contribution in [2.75, 3.05) is 44.2 Å². The fourth-order valence-corrected chi connectivity index (χ4v) is 3.20. The van der Waals surface area contributed by atoms with Gasteiger partial charge in [0.05, 0.1) is 6.54 Å². The van der Waals surface area contributed by atoms with Crippen LogP contribution in [0.1, 0.15) is 12.8 Å². The molecule has 2 fully saturated rings. The summed E-state index contributed by atoms with van der Waals surface area (Å²) in [5, 5.41) is 3.45. The minimum absolute atomic E-state index is 0. The van der Waals surface area contributed by atoms with Crippen molar-refractivity contribution in [2.24, 2.45) is 5.92 Å². The molecule has 3 rings (SSSR count). The van der Waals surface area contributed by atoms with Crippen LogP contribution in [0, 0.1) is 5.92 Å². The van der Waals surface area contributed by atoms with Crippen LogP contribution in [0.2, 0.25) is 0 Å². The van der Waals surface area contributed by atoms with Crippen molar-refractivity contribution in [3.05, 3.63) is 30.3 Å². The van der Waals surface area contributed by atoms with Gasteiger partial charge in [0.1, 0.15) is 0 Å². The SMILES string of the molecule is Cl.O=C1CN(CC2CCCNC2)CCN1c1ccccc1. The van der Waals surface area contributed by atoms with Gasteiger partial charge in [0.15, 0.2) is 0 Å². The Hall–Kier alpha value is -1.10. The van der Waals surface area contributed by atoms with Crippen LogP contribution in [-0.2, 0) is 4.79 Å². The summed E-state index contributed by atoms with van der Waals surface area (Å²) in [5.74, 6) is 0.936. The van der Waals surface area contributed by atoms with E-state index in [9.17, 15) is 4.79 Å². The summed E-state index contributed by atoms with van der Waals surface area (Å²) in [4.78, 5) is 16.5. The Morgan fingerprint density at radius 1 is 1.19 bits per heavy atom. The van der Waals surface area contributed by atoms with Crippen molar-refractivity contribution >= 4 is 24.0 Å². The lowest BCUT2D eigenvalue weighted by Crippen LogP contribution is -2.52. The van der Waals surface area contributed by atoms with Gasteiger partial charge in [-0.2, -0.15) is 0 Å². The second-order valence-electron chi connectivity index (χ2n) is 5.83. The van der Waals surface area contributed by atoms with Crippen LogP contribution in [0.3, 0.4) is 0 Å². The summed E-state index contributed by atoms with van der Waals surface area (Å²) in [6.07, 6.45) is 2.56. The van der Waals surface area contributed by atoms with E-state index in [1.807, 2.05) is 35.2 Å². The van der Waals surface area contributed by atoms with E-state index in [0.29, 0.717) is 12.5 Å². The highest BCUT2D eigenvalue weighted by molar-refractivity contribution is 5.95. The average molecular weight is 310 g/mol. The number of carbonyl (C=O) groups excluding carboxylic acids is 1. The molecule has 1 aromatic rings. The Morgan fingerprint density at radius 2 is 2.00 bits per heavy atom. The summed E-state index contributed by atoms with van der Waals surface area (Å²) in [7, 11) is 0. The van der Waals surface area contributed by atoms with Crippen molar-refractivity contribution in [3.63, 3.8) is 0 Å². The van der Waals surface area contributed by atoms with Crippen molar-refractivity contribution in [1.82, 2.24) is 10.2 Å². The first-order chi connectivity index (χ1) is 9.83. The molecule has 0 aromatic heterocycles. The number of anilines is 1. The number of piperazine rings is 1. The van der Waals surface area contributed by atoms with Crippen molar-refractivity contribution in [1.29, 1.82) is 0 Å². The maximum Gasteiger partial charge on any atom is 0.241 e. The van der Waals surface area contributed by atoms with Gasteiger partial charge in [-0.1, -0.05) is 18.2 Å².